The van der Waals surface area contributed by atoms with E-state index in [0.717, 1.165) is 11.1 Å². The highest BCUT2D eigenvalue weighted by molar-refractivity contribution is 7.80. The van der Waals surface area contributed by atoms with Gasteiger partial charge in [0.2, 0.25) is 0 Å². The second kappa shape index (κ2) is 8.69. The Morgan fingerprint density at radius 2 is 1.81 bits per heavy atom. The largest absolute Gasteiger partial charge is 0.340 e. The molecule has 0 fully saturated rings. The van der Waals surface area contributed by atoms with Gasteiger partial charge in [0.05, 0.1) is 5.02 Å². The topological polar surface area (TPSA) is 41.0 Å². The van der Waals surface area contributed by atoms with Crippen LogP contribution in [0.1, 0.15) is 11.1 Å². The SMILES string of the molecule is Fc1ccc(NC(=S)N(Cc2ccncc2)Cc2cccnc2)cc1Cl. The second-order valence-corrected chi connectivity index (χ2v) is 6.43. The van der Waals surface area contributed by atoms with E-state index in [9.17, 15) is 4.39 Å². The molecule has 0 saturated carbocycles. The van der Waals surface area contributed by atoms with Gasteiger partial charge in [0.1, 0.15) is 5.82 Å². The lowest BCUT2D eigenvalue weighted by molar-refractivity contribution is 0.412. The molecule has 0 unspecified atom stereocenters. The standard InChI is InChI=1S/C19H16ClFN4S/c20-17-10-16(3-4-18(17)21)24-19(26)25(12-14-5-8-22-9-6-14)13-15-2-1-7-23-11-15/h1-11H,12-13H2,(H,24,26). The van der Waals surface area contributed by atoms with Gasteiger partial charge in [-0.3, -0.25) is 9.97 Å². The molecule has 0 radical (unpaired) electrons. The number of halogens is 2. The van der Waals surface area contributed by atoms with Crippen molar-refractivity contribution >= 4 is 34.6 Å². The maximum absolute atomic E-state index is 13.4. The molecule has 0 aliphatic heterocycles. The third kappa shape index (κ3) is 4.97. The van der Waals surface area contributed by atoms with E-state index in [1.165, 1.54) is 12.1 Å². The number of nitrogens with zero attached hydrogens (tertiary/aromatic N) is 3. The molecule has 4 nitrogen and oxygen atoms in total. The molecule has 0 saturated heterocycles. The van der Waals surface area contributed by atoms with E-state index in [2.05, 4.69) is 15.3 Å². The molecule has 0 aliphatic rings. The van der Waals surface area contributed by atoms with Gasteiger partial charge in [-0.05, 0) is 59.7 Å². The minimum absolute atomic E-state index is 0.0470. The fraction of sp³-hybridized carbons (Fsp3) is 0.105. The number of thiocarbonyl (C=S) groups is 1. The van der Waals surface area contributed by atoms with Crippen LogP contribution in [0.4, 0.5) is 10.1 Å². The Balaban J connectivity index is 1.78. The highest BCUT2D eigenvalue weighted by Gasteiger charge is 2.13. The first kappa shape index (κ1) is 18.2. The summed E-state index contributed by atoms with van der Waals surface area (Å²) < 4.78 is 13.4. The van der Waals surface area contributed by atoms with Crippen molar-refractivity contribution in [1.82, 2.24) is 14.9 Å². The van der Waals surface area contributed by atoms with Gasteiger partial charge < -0.3 is 10.2 Å². The van der Waals surface area contributed by atoms with E-state index in [0.29, 0.717) is 23.9 Å². The van der Waals surface area contributed by atoms with Gasteiger partial charge >= 0.3 is 0 Å². The third-order valence-electron chi connectivity index (χ3n) is 3.68. The molecule has 0 bridgehead atoms. The molecule has 1 aromatic carbocycles. The molecular formula is C19H16ClFN4S. The number of pyridine rings is 2. The summed E-state index contributed by atoms with van der Waals surface area (Å²) in [6.07, 6.45) is 7.02. The molecule has 0 aliphatic carbocycles. The fourth-order valence-corrected chi connectivity index (χ4v) is 2.82. The van der Waals surface area contributed by atoms with Crippen molar-refractivity contribution in [2.24, 2.45) is 0 Å². The van der Waals surface area contributed by atoms with E-state index in [-0.39, 0.29) is 5.02 Å². The molecule has 2 heterocycles. The number of aromatic nitrogens is 2. The quantitative estimate of drug-likeness (QED) is 0.645. The van der Waals surface area contributed by atoms with Crippen LogP contribution >= 0.6 is 23.8 Å². The summed E-state index contributed by atoms with van der Waals surface area (Å²) in [6, 6.07) is 12.2. The average Bonchev–Trinajstić information content (AvgIpc) is 2.66. The summed E-state index contributed by atoms with van der Waals surface area (Å²) in [5, 5.41) is 3.68. The van der Waals surface area contributed by atoms with Crippen LogP contribution in [0.25, 0.3) is 0 Å². The van der Waals surface area contributed by atoms with Crippen LogP contribution in [0.2, 0.25) is 5.02 Å². The Morgan fingerprint density at radius 1 is 1.04 bits per heavy atom. The zero-order valence-corrected chi connectivity index (χ0v) is 15.3. The van der Waals surface area contributed by atoms with Crippen LogP contribution in [-0.4, -0.2) is 20.0 Å². The first-order valence-electron chi connectivity index (χ1n) is 7.90. The molecule has 0 spiro atoms. The van der Waals surface area contributed by atoms with Crippen LogP contribution in [0.3, 0.4) is 0 Å². The molecule has 132 valence electrons. The van der Waals surface area contributed by atoms with Crippen LogP contribution in [0, 0.1) is 5.82 Å². The van der Waals surface area contributed by atoms with Gasteiger partial charge in [-0.25, -0.2) is 4.39 Å². The number of hydrogen-bond donors (Lipinski definition) is 1. The summed E-state index contributed by atoms with van der Waals surface area (Å²) in [5.41, 5.74) is 2.74. The molecule has 0 amide bonds. The predicted octanol–water partition coefficient (Wildman–Crippen LogP) is 4.67. The van der Waals surface area contributed by atoms with Crippen molar-refractivity contribution in [3.8, 4) is 0 Å². The normalized spacial score (nSPS) is 10.4. The second-order valence-electron chi connectivity index (χ2n) is 5.63. The Labute approximate surface area is 161 Å². The van der Waals surface area contributed by atoms with E-state index in [4.69, 9.17) is 23.8 Å². The van der Waals surface area contributed by atoms with Gasteiger partial charge in [0.15, 0.2) is 5.11 Å². The fourth-order valence-electron chi connectivity index (χ4n) is 2.40. The van der Waals surface area contributed by atoms with Crippen LogP contribution < -0.4 is 5.32 Å². The minimum atomic E-state index is -0.466. The van der Waals surface area contributed by atoms with Crippen molar-refractivity contribution in [3.05, 3.63) is 89.2 Å². The highest BCUT2D eigenvalue weighted by Crippen LogP contribution is 2.20. The van der Waals surface area contributed by atoms with Gasteiger partial charge in [-0.1, -0.05) is 17.7 Å². The van der Waals surface area contributed by atoms with Crippen molar-refractivity contribution in [2.75, 3.05) is 5.32 Å². The Kier molecular flexibility index (Phi) is 6.09. The summed E-state index contributed by atoms with van der Waals surface area (Å²) >= 11 is 11.4. The molecule has 3 aromatic rings. The monoisotopic (exact) mass is 386 g/mol. The number of anilines is 1. The molecule has 3 rings (SSSR count). The van der Waals surface area contributed by atoms with E-state index in [1.54, 1.807) is 30.9 Å². The third-order valence-corrected chi connectivity index (χ3v) is 4.33. The highest BCUT2D eigenvalue weighted by atomic mass is 35.5. The van der Waals surface area contributed by atoms with Gasteiger partial charge in [-0.2, -0.15) is 0 Å². The van der Waals surface area contributed by atoms with Crippen molar-refractivity contribution in [2.45, 2.75) is 13.1 Å². The number of hydrogen-bond acceptors (Lipinski definition) is 3. The van der Waals surface area contributed by atoms with Crippen molar-refractivity contribution < 1.29 is 4.39 Å². The Bertz CT molecular complexity index is 836. The summed E-state index contributed by atoms with van der Waals surface area (Å²) in [6.45, 7) is 1.18. The van der Waals surface area contributed by atoms with Crippen molar-refractivity contribution in [3.63, 3.8) is 0 Å². The number of nitrogens with one attached hydrogen (secondary N) is 1. The van der Waals surface area contributed by atoms with E-state index < -0.39 is 5.82 Å². The molecule has 2 aromatic heterocycles. The number of rotatable bonds is 5. The zero-order chi connectivity index (χ0) is 18.4. The lowest BCUT2D eigenvalue weighted by Gasteiger charge is -2.26. The first-order valence-corrected chi connectivity index (χ1v) is 8.69. The Hall–Kier alpha value is -2.57. The van der Waals surface area contributed by atoms with Gasteiger partial charge in [-0.15, -0.1) is 0 Å². The smallest absolute Gasteiger partial charge is 0.174 e. The summed E-state index contributed by atoms with van der Waals surface area (Å²) in [7, 11) is 0. The van der Waals surface area contributed by atoms with Gasteiger partial charge in [0.25, 0.3) is 0 Å². The van der Waals surface area contributed by atoms with Crippen LogP contribution in [0.5, 0.6) is 0 Å². The van der Waals surface area contributed by atoms with Crippen LogP contribution in [0.15, 0.2) is 67.3 Å². The lowest BCUT2D eigenvalue weighted by Crippen LogP contribution is -2.33. The Morgan fingerprint density at radius 3 is 2.50 bits per heavy atom. The van der Waals surface area contributed by atoms with Crippen LogP contribution in [-0.2, 0) is 13.1 Å². The first-order chi connectivity index (χ1) is 12.6. The summed E-state index contributed by atoms with van der Waals surface area (Å²) in [5.74, 6) is -0.466. The minimum Gasteiger partial charge on any atom is -0.340 e. The van der Waals surface area contributed by atoms with E-state index in [1.807, 2.05) is 29.2 Å². The van der Waals surface area contributed by atoms with E-state index >= 15 is 0 Å². The molecule has 26 heavy (non-hydrogen) atoms. The van der Waals surface area contributed by atoms with Crippen molar-refractivity contribution in [1.29, 1.82) is 0 Å². The zero-order valence-electron chi connectivity index (χ0n) is 13.8. The molecule has 0 atom stereocenters. The van der Waals surface area contributed by atoms with Gasteiger partial charge in [0, 0.05) is 43.6 Å². The molecular weight excluding hydrogens is 371 g/mol. The maximum Gasteiger partial charge on any atom is 0.174 e. The molecule has 7 heteroatoms. The molecule has 1 N–H and O–H groups in total. The summed E-state index contributed by atoms with van der Waals surface area (Å²) in [4.78, 5) is 10.2. The lowest BCUT2D eigenvalue weighted by atomic mass is 10.2. The maximum atomic E-state index is 13.4. The predicted molar refractivity (Wildman–Crippen MR) is 105 cm³/mol. The number of benzene rings is 1. The average molecular weight is 387 g/mol.